The maximum absolute atomic E-state index is 13.2. The molecule has 0 bridgehead atoms. The van der Waals surface area contributed by atoms with Gasteiger partial charge in [-0.05, 0) is 83.1 Å². The van der Waals surface area contributed by atoms with E-state index in [1.165, 1.54) is 0 Å². The highest BCUT2D eigenvalue weighted by molar-refractivity contribution is 7.80. The molecule has 42 heavy (non-hydrogen) atoms. The largest absolute Gasteiger partial charge is 0.461 e. The van der Waals surface area contributed by atoms with Crippen molar-refractivity contribution in [3.8, 4) is 0 Å². The Kier molecular flexibility index (Phi) is 13.8. The third kappa shape index (κ3) is 12.0. The quantitative estimate of drug-likeness (QED) is 0.146. The minimum atomic E-state index is -1.27. The summed E-state index contributed by atoms with van der Waals surface area (Å²) in [5.41, 5.74) is -3.59. The van der Waals surface area contributed by atoms with Crippen LogP contribution in [0.4, 0.5) is 0 Å². The van der Waals surface area contributed by atoms with Crippen LogP contribution in [0.5, 0.6) is 0 Å². The number of esters is 4. The fraction of sp³-hybridized carbons (Fsp3) is 0.867. The van der Waals surface area contributed by atoms with Crippen molar-refractivity contribution in [1.29, 1.82) is 0 Å². The van der Waals surface area contributed by atoms with E-state index in [2.05, 4.69) is 12.6 Å². The first kappa shape index (κ1) is 38.1. The van der Waals surface area contributed by atoms with Crippen molar-refractivity contribution < 1.29 is 52.3 Å². The maximum Gasteiger partial charge on any atom is 0.311 e. The van der Waals surface area contributed by atoms with Crippen molar-refractivity contribution >= 4 is 36.5 Å². The molecule has 0 radical (unpaired) electrons. The van der Waals surface area contributed by atoms with Gasteiger partial charge in [0.15, 0.2) is 24.6 Å². The van der Waals surface area contributed by atoms with E-state index < -0.39 is 82.8 Å². The summed E-state index contributed by atoms with van der Waals surface area (Å²) >= 11 is 4.12. The van der Waals surface area contributed by atoms with E-state index in [0.29, 0.717) is 12.4 Å². The molecule has 0 aromatic rings. The zero-order valence-corrected chi connectivity index (χ0v) is 28.3. The molecule has 1 saturated heterocycles. The van der Waals surface area contributed by atoms with Crippen LogP contribution >= 0.6 is 12.6 Å². The van der Waals surface area contributed by atoms with Gasteiger partial charge in [0, 0.05) is 5.75 Å². The SMILES string of the molecule is CC(C)(C)C(=O)OC[C@H](OC(=O)C(C)(C)C)[C@@H]1O[C@@H](OCCOCCS)[C@H](OC(=O)C(C)(C)C)[C@H]1OC(=O)C(C)(C)C. The molecule has 0 aliphatic carbocycles. The van der Waals surface area contributed by atoms with E-state index in [1.54, 1.807) is 83.1 Å². The molecular formula is C30H52O11S. The average Bonchev–Trinajstić information content (AvgIpc) is 3.15. The normalized spacial score (nSPS) is 22.3. The molecule has 0 N–H and O–H groups in total. The average molecular weight is 621 g/mol. The third-order valence-electron chi connectivity index (χ3n) is 5.89. The number of thiol groups is 1. The maximum atomic E-state index is 13.2. The molecule has 5 atom stereocenters. The molecule has 11 nitrogen and oxygen atoms in total. The van der Waals surface area contributed by atoms with E-state index >= 15 is 0 Å². The van der Waals surface area contributed by atoms with Crippen LogP contribution < -0.4 is 0 Å². The molecule has 1 aliphatic rings. The van der Waals surface area contributed by atoms with Gasteiger partial charge < -0.3 is 33.2 Å². The predicted molar refractivity (Wildman–Crippen MR) is 158 cm³/mol. The Morgan fingerprint density at radius 1 is 0.667 bits per heavy atom. The smallest absolute Gasteiger partial charge is 0.311 e. The van der Waals surface area contributed by atoms with Gasteiger partial charge in [-0.15, -0.1) is 0 Å². The zero-order chi connectivity index (χ0) is 32.7. The highest BCUT2D eigenvalue weighted by Gasteiger charge is 2.56. The molecule has 1 fully saturated rings. The van der Waals surface area contributed by atoms with Gasteiger partial charge in [0.1, 0.15) is 12.7 Å². The summed E-state index contributed by atoms with van der Waals surface area (Å²) in [6.07, 6.45) is -6.15. The van der Waals surface area contributed by atoms with Gasteiger partial charge in [-0.1, -0.05) is 0 Å². The predicted octanol–water partition coefficient (Wildman–Crippen LogP) is 4.14. The second-order valence-corrected chi connectivity index (χ2v) is 14.9. The van der Waals surface area contributed by atoms with Crippen LogP contribution in [0.3, 0.4) is 0 Å². The van der Waals surface area contributed by atoms with Crippen LogP contribution in [0, 0.1) is 21.7 Å². The lowest BCUT2D eigenvalue weighted by atomic mass is 9.95. The van der Waals surface area contributed by atoms with Crippen molar-refractivity contribution in [3.63, 3.8) is 0 Å². The number of ether oxygens (including phenoxy) is 7. The molecule has 1 aliphatic heterocycles. The lowest BCUT2D eigenvalue weighted by molar-refractivity contribution is -0.208. The Bertz CT molecular complexity index is 922. The molecule has 0 aromatic heterocycles. The van der Waals surface area contributed by atoms with Crippen LogP contribution in [-0.4, -0.2) is 86.8 Å². The first-order valence-corrected chi connectivity index (χ1v) is 14.9. The highest BCUT2D eigenvalue weighted by atomic mass is 32.1. The number of rotatable bonds is 12. The first-order chi connectivity index (χ1) is 19.0. The van der Waals surface area contributed by atoms with Crippen molar-refractivity contribution in [1.82, 2.24) is 0 Å². The number of carbonyl (C=O) groups is 4. The molecule has 0 saturated carbocycles. The molecule has 1 heterocycles. The summed E-state index contributed by atoms with van der Waals surface area (Å²) in [7, 11) is 0. The van der Waals surface area contributed by atoms with Gasteiger partial charge in [-0.2, -0.15) is 12.6 Å². The molecular weight excluding hydrogens is 568 g/mol. The first-order valence-electron chi connectivity index (χ1n) is 14.3. The van der Waals surface area contributed by atoms with E-state index in [9.17, 15) is 19.2 Å². The summed E-state index contributed by atoms with van der Waals surface area (Å²) in [5.74, 6) is -1.81. The summed E-state index contributed by atoms with van der Waals surface area (Å²) < 4.78 is 40.7. The fourth-order valence-corrected chi connectivity index (χ4v) is 3.35. The topological polar surface area (TPSA) is 133 Å². The van der Waals surface area contributed by atoms with Crippen LogP contribution in [-0.2, 0) is 52.3 Å². The summed E-state index contributed by atoms with van der Waals surface area (Å²) in [4.78, 5) is 51.9. The Hall–Kier alpha value is -1.89. The molecule has 0 amide bonds. The second-order valence-electron chi connectivity index (χ2n) is 14.5. The molecule has 0 spiro atoms. The monoisotopic (exact) mass is 620 g/mol. The minimum absolute atomic E-state index is 0.0557. The Balaban J connectivity index is 3.56. The lowest BCUT2D eigenvalue weighted by Crippen LogP contribution is -2.50. The van der Waals surface area contributed by atoms with Gasteiger partial charge >= 0.3 is 23.9 Å². The molecule has 1 rings (SSSR count). The third-order valence-corrected chi connectivity index (χ3v) is 6.07. The van der Waals surface area contributed by atoms with Crippen molar-refractivity contribution in [2.75, 3.05) is 32.2 Å². The lowest BCUT2D eigenvalue weighted by Gasteiger charge is -2.32. The Morgan fingerprint density at radius 3 is 1.60 bits per heavy atom. The van der Waals surface area contributed by atoms with E-state index in [0.717, 1.165) is 0 Å². The number of hydrogen-bond donors (Lipinski definition) is 1. The standard InChI is InChI=1S/C30H52O11S/c1-27(2,3)23(31)37-17-18(38-24(32)28(4,5)6)19-20(40-25(33)29(7,8)9)21(41-26(34)30(10,11)12)22(39-19)36-14-13-35-15-16-42/h18-22,42H,13-17H2,1-12H3/t18-,19-,20-,21+,22+/m0/s1. The molecule has 244 valence electrons. The summed E-state index contributed by atoms with van der Waals surface area (Å²) in [6, 6.07) is 0. The number of carbonyl (C=O) groups excluding carboxylic acids is 4. The Labute approximate surface area is 256 Å². The van der Waals surface area contributed by atoms with E-state index in [4.69, 9.17) is 33.2 Å². The van der Waals surface area contributed by atoms with Crippen molar-refractivity contribution in [2.45, 2.75) is 114 Å². The van der Waals surface area contributed by atoms with Crippen LogP contribution in [0.1, 0.15) is 83.1 Å². The van der Waals surface area contributed by atoms with Crippen LogP contribution in [0.25, 0.3) is 0 Å². The highest BCUT2D eigenvalue weighted by Crippen LogP contribution is 2.35. The molecule has 12 heteroatoms. The Morgan fingerprint density at radius 2 is 1.14 bits per heavy atom. The van der Waals surface area contributed by atoms with Gasteiger partial charge in [0.25, 0.3) is 0 Å². The zero-order valence-electron chi connectivity index (χ0n) is 27.4. The van der Waals surface area contributed by atoms with Gasteiger partial charge in [0.2, 0.25) is 0 Å². The molecule has 0 unspecified atom stereocenters. The van der Waals surface area contributed by atoms with Crippen LogP contribution in [0.15, 0.2) is 0 Å². The fourth-order valence-electron chi connectivity index (χ4n) is 3.22. The minimum Gasteiger partial charge on any atom is -0.461 e. The van der Waals surface area contributed by atoms with Crippen molar-refractivity contribution in [2.24, 2.45) is 21.7 Å². The summed E-state index contributed by atoms with van der Waals surface area (Å²) in [6.45, 7) is 20.4. The van der Waals surface area contributed by atoms with Gasteiger partial charge in [-0.3, -0.25) is 19.2 Å². The summed E-state index contributed by atoms with van der Waals surface area (Å²) in [5, 5.41) is 0. The number of hydrogen-bond acceptors (Lipinski definition) is 12. The van der Waals surface area contributed by atoms with Gasteiger partial charge in [-0.25, -0.2) is 0 Å². The second kappa shape index (κ2) is 15.2. The van der Waals surface area contributed by atoms with Gasteiger partial charge in [0.05, 0.1) is 41.5 Å². The van der Waals surface area contributed by atoms with Crippen LogP contribution in [0.2, 0.25) is 0 Å². The van der Waals surface area contributed by atoms with E-state index in [1.807, 2.05) is 0 Å². The molecule has 0 aromatic carbocycles. The van der Waals surface area contributed by atoms with Crippen molar-refractivity contribution in [3.05, 3.63) is 0 Å². The van der Waals surface area contributed by atoms with E-state index in [-0.39, 0.29) is 13.2 Å².